The summed E-state index contributed by atoms with van der Waals surface area (Å²) in [7, 11) is 1.50. The molecule has 0 aliphatic heterocycles. The van der Waals surface area contributed by atoms with E-state index in [1.165, 1.54) is 18.4 Å². The molecule has 0 fully saturated rings. The average Bonchev–Trinajstić information content (AvgIpc) is 2.67. The van der Waals surface area contributed by atoms with Crippen molar-refractivity contribution in [2.45, 2.75) is 0 Å². The van der Waals surface area contributed by atoms with Crippen LogP contribution in [0.2, 0.25) is 0 Å². The number of thiophene rings is 1. The van der Waals surface area contributed by atoms with Crippen molar-refractivity contribution in [3.8, 4) is 0 Å². The van der Waals surface area contributed by atoms with Crippen LogP contribution in [-0.4, -0.2) is 29.1 Å². The molecule has 2 aromatic rings. The Morgan fingerprint density at radius 1 is 1.47 bits per heavy atom. The molecule has 0 unspecified atom stereocenters. The highest BCUT2D eigenvalue weighted by molar-refractivity contribution is 7.21. The molecule has 0 atom stereocenters. The van der Waals surface area contributed by atoms with Gasteiger partial charge in [-0.15, -0.1) is 11.3 Å². The van der Waals surface area contributed by atoms with Crippen LogP contribution in [0.3, 0.4) is 0 Å². The van der Waals surface area contributed by atoms with Crippen molar-refractivity contribution in [3.63, 3.8) is 0 Å². The van der Waals surface area contributed by atoms with E-state index in [0.29, 0.717) is 16.0 Å². The summed E-state index contributed by atoms with van der Waals surface area (Å²) in [5.41, 5.74) is 0.305. The maximum Gasteiger partial charge on any atom is 0.409 e. The molecule has 0 saturated heterocycles. The van der Waals surface area contributed by atoms with Gasteiger partial charge in [0.25, 0.3) is 5.91 Å². The zero-order valence-corrected chi connectivity index (χ0v) is 9.67. The van der Waals surface area contributed by atoms with Crippen LogP contribution in [0, 0.1) is 0 Å². The first-order valence-corrected chi connectivity index (χ1v) is 5.53. The minimum atomic E-state index is -1.20. The van der Waals surface area contributed by atoms with Crippen LogP contribution in [0.25, 0.3) is 10.1 Å². The Balaban J connectivity index is 2.64. The van der Waals surface area contributed by atoms with Crippen molar-refractivity contribution in [2.24, 2.45) is 0 Å². The summed E-state index contributed by atoms with van der Waals surface area (Å²) in [6.07, 6.45) is 1.95. The molecule has 88 valence electrons. The predicted octanol–water partition coefficient (Wildman–Crippen LogP) is 1.75. The second kappa shape index (κ2) is 4.38. The first-order chi connectivity index (χ1) is 8.13. The van der Waals surface area contributed by atoms with Crippen LogP contribution in [-0.2, 0) is 0 Å². The van der Waals surface area contributed by atoms with Gasteiger partial charge in [0.15, 0.2) is 0 Å². The van der Waals surface area contributed by atoms with Gasteiger partial charge in [-0.2, -0.15) is 0 Å². The maximum absolute atomic E-state index is 11.6. The summed E-state index contributed by atoms with van der Waals surface area (Å²) in [4.78, 5) is 26.6. The minimum absolute atomic E-state index is 0.305. The number of rotatable bonds is 2. The molecule has 0 radical (unpaired) electrons. The van der Waals surface area contributed by atoms with Gasteiger partial charge in [-0.05, 0) is 6.07 Å². The number of fused-ring (bicyclic) bond motifs is 1. The van der Waals surface area contributed by atoms with Gasteiger partial charge >= 0.3 is 6.09 Å². The summed E-state index contributed by atoms with van der Waals surface area (Å²) < 4.78 is 0.759. The van der Waals surface area contributed by atoms with E-state index in [0.717, 1.165) is 4.70 Å². The number of carbonyl (C=O) groups is 2. The monoisotopic (exact) mass is 251 g/mol. The molecular weight excluding hydrogens is 242 g/mol. The summed E-state index contributed by atoms with van der Waals surface area (Å²) in [5.74, 6) is -0.324. The van der Waals surface area contributed by atoms with E-state index in [2.05, 4.69) is 15.6 Å². The largest absolute Gasteiger partial charge is 0.465 e. The van der Waals surface area contributed by atoms with Crippen molar-refractivity contribution < 1.29 is 14.7 Å². The van der Waals surface area contributed by atoms with E-state index in [9.17, 15) is 9.59 Å². The quantitative estimate of drug-likeness (QED) is 0.758. The summed E-state index contributed by atoms with van der Waals surface area (Å²) in [5, 5.41) is 14.2. The van der Waals surface area contributed by atoms with Crippen LogP contribution in [0.15, 0.2) is 18.5 Å². The molecule has 0 saturated carbocycles. The average molecular weight is 251 g/mol. The normalized spacial score (nSPS) is 10.2. The highest BCUT2D eigenvalue weighted by atomic mass is 32.1. The lowest BCUT2D eigenvalue weighted by atomic mass is 10.2. The van der Waals surface area contributed by atoms with E-state index in [1.807, 2.05) is 0 Å². The van der Waals surface area contributed by atoms with Crippen LogP contribution >= 0.6 is 11.3 Å². The van der Waals surface area contributed by atoms with E-state index in [-0.39, 0.29) is 5.91 Å². The Labute approximate surface area is 100 Å². The maximum atomic E-state index is 11.6. The third-order valence-electron chi connectivity index (χ3n) is 2.16. The summed E-state index contributed by atoms with van der Waals surface area (Å²) in [6.45, 7) is 0. The van der Waals surface area contributed by atoms with Gasteiger partial charge in [0.2, 0.25) is 0 Å². The molecular formula is C10H9N3O3S. The Kier molecular flexibility index (Phi) is 2.92. The zero-order chi connectivity index (χ0) is 12.4. The number of nitrogens with zero attached hydrogens (tertiary/aromatic N) is 1. The lowest BCUT2D eigenvalue weighted by Gasteiger charge is -2.02. The summed E-state index contributed by atoms with van der Waals surface area (Å²) in [6, 6.07) is 1.67. The molecule has 6 nitrogen and oxygen atoms in total. The third-order valence-corrected chi connectivity index (χ3v) is 3.30. The first kappa shape index (κ1) is 11.3. The number of hydrogen-bond acceptors (Lipinski definition) is 4. The lowest BCUT2D eigenvalue weighted by molar-refractivity contribution is 0.0968. The molecule has 2 amide bonds. The van der Waals surface area contributed by atoms with Gasteiger partial charge in [0, 0.05) is 24.8 Å². The highest BCUT2D eigenvalue weighted by Crippen LogP contribution is 2.35. The molecule has 7 heteroatoms. The smallest absolute Gasteiger partial charge is 0.409 e. The molecule has 0 aliphatic rings. The standard InChI is InChI=1S/C10H9N3O3S/c1-11-9(14)8-7(13-10(15)16)5-2-3-12-4-6(5)17-8/h2-4,13H,1H3,(H,11,14)(H,15,16). The minimum Gasteiger partial charge on any atom is -0.465 e. The van der Waals surface area contributed by atoms with Crippen molar-refractivity contribution in [3.05, 3.63) is 23.3 Å². The Bertz CT molecular complexity index is 593. The SMILES string of the molecule is CNC(=O)c1sc2cnccc2c1NC(=O)O. The van der Waals surface area contributed by atoms with Crippen LogP contribution in [0.1, 0.15) is 9.67 Å². The van der Waals surface area contributed by atoms with E-state index in [1.54, 1.807) is 18.5 Å². The number of hydrogen-bond donors (Lipinski definition) is 3. The molecule has 2 heterocycles. The fraction of sp³-hybridized carbons (Fsp3) is 0.100. The van der Waals surface area contributed by atoms with Crippen LogP contribution in [0.4, 0.5) is 10.5 Å². The molecule has 0 aliphatic carbocycles. The molecule has 2 rings (SSSR count). The Morgan fingerprint density at radius 2 is 2.24 bits per heavy atom. The number of aromatic nitrogens is 1. The van der Waals surface area contributed by atoms with Gasteiger partial charge < -0.3 is 10.4 Å². The van der Waals surface area contributed by atoms with Gasteiger partial charge in [-0.3, -0.25) is 15.1 Å². The van der Waals surface area contributed by atoms with Crippen LogP contribution < -0.4 is 10.6 Å². The molecule has 0 spiro atoms. The molecule has 17 heavy (non-hydrogen) atoms. The second-order valence-electron chi connectivity index (χ2n) is 3.19. The topological polar surface area (TPSA) is 91.3 Å². The van der Waals surface area contributed by atoms with Gasteiger partial charge in [0.1, 0.15) is 4.88 Å². The predicted molar refractivity (Wildman–Crippen MR) is 64.7 cm³/mol. The fourth-order valence-electron chi connectivity index (χ4n) is 1.46. The number of nitrogens with one attached hydrogen (secondary N) is 2. The fourth-order valence-corrected chi connectivity index (χ4v) is 2.53. The molecule has 3 N–H and O–H groups in total. The third kappa shape index (κ3) is 2.04. The van der Waals surface area contributed by atoms with Crippen LogP contribution in [0.5, 0.6) is 0 Å². The van der Waals surface area contributed by atoms with Crippen molar-refractivity contribution >= 4 is 39.1 Å². The van der Waals surface area contributed by atoms with Crippen molar-refractivity contribution in [1.29, 1.82) is 0 Å². The van der Waals surface area contributed by atoms with Crippen molar-refractivity contribution in [2.75, 3.05) is 12.4 Å². The summed E-state index contributed by atoms with van der Waals surface area (Å²) >= 11 is 1.20. The zero-order valence-electron chi connectivity index (χ0n) is 8.85. The van der Waals surface area contributed by atoms with Gasteiger partial charge in [0.05, 0.1) is 10.4 Å². The van der Waals surface area contributed by atoms with E-state index >= 15 is 0 Å². The van der Waals surface area contributed by atoms with Gasteiger partial charge in [-0.25, -0.2) is 4.79 Å². The van der Waals surface area contributed by atoms with E-state index < -0.39 is 6.09 Å². The van der Waals surface area contributed by atoms with Crippen molar-refractivity contribution in [1.82, 2.24) is 10.3 Å². The lowest BCUT2D eigenvalue weighted by Crippen LogP contribution is -2.19. The van der Waals surface area contributed by atoms with Gasteiger partial charge in [-0.1, -0.05) is 0 Å². The molecule has 0 aromatic carbocycles. The molecule has 0 bridgehead atoms. The first-order valence-electron chi connectivity index (χ1n) is 4.72. The number of carboxylic acid groups (broad SMARTS) is 1. The number of carbonyl (C=O) groups excluding carboxylic acids is 1. The number of pyridine rings is 1. The Hall–Kier alpha value is -2.15. The molecule has 2 aromatic heterocycles. The number of amides is 2. The Morgan fingerprint density at radius 3 is 2.88 bits per heavy atom. The van der Waals surface area contributed by atoms with E-state index in [4.69, 9.17) is 5.11 Å². The number of anilines is 1. The second-order valence-corrected chi connectivity index (χ2v) is 4.24. The highest BCUT2D eigenvalue weighted by Gasteiger charge is 2.18.